The van der Waals surface area contributed by atoms with E-state index in [0.717, 1.165) is 12.2 Å². The summed E-state index contributed by atoms with van der Waals surface area (Å²) in [6.45, 7) is 10.8. The van der Waals surface area contributed by atoms with Gasteiger partial charge in [0.25, 0.3) is 0 Å². The van der Waals surface area contributed by atoms with Gasteiger partial charge in [-0.2, -0.15) is 5.26 Å². The van der Waals surface area contributed by atoms with Gasteiger partial charge in [-0.3, -0.25) is 5.32 Å². The Balaban J connectivity index is 3.04. The van der Waals surface area contributed by atoms with Crippen molar-refractivity contribution in [2.45, 2.75) is 52.0 Å². The van der Waals surface area contributed by atoms with Gasteiger partial charge in [-0.05, 0) is 43.0 Å². The smallest absolute Gasteiger partial charge is 0.137 e. The zero-order valence-electron chi connectivity index (χ0n) is 13.5. The van der Waals surface area contributed by atoms with E-state index in [2.05, 4.69) is 51.2 Å². The normalized spacial score (nSPS) is 14.4. The highest BCUT2D eigenvalue weighted by molar-refractivity contribution is 5.41. The van der Waals surface area contributed by atoms with Gasteiger partial charge >= 0.3 is 0 Å². The van der Waals surface area contributed by atoms with E-state index >= 15 is 0 Å². The van der Waals surface area contributed by atoms with Crippen LogP contribution in [-0.2, 0) is 11.8 Å². The van der Waals surface area contributed by atoms with Crippen molar-refractivity contribution in [3.63, 3.8) is 0 Å². The quantitative estimate of drug-likeness (QED) is 0.894. The lowest BCUT2D eigenvalue weighted by molar-refractivity contribution is 0.237. The fraction of sp³-hybridized carbons (Fsp3) is 0.588. The number of nitriles is 1. The average Bonchev–Trinajstić information content (AvgIpc) is 2.43. The second-order valence-electron chi connectivity index (χ2n) is 6.42. The molecule has 0 amide bonds. The predicted octanol–water partition coefficient (Wildman–Crippen LogP) is 3.43. The number of aryl methyl sites for hydroxylation is 1. The maximum Gasteiger partial charge on any atom is 0.137 e. The minimum Gasteiger partial charge on any atom is -0.490 e. The van der Waals surface area contributed by atoms with Crippen molar-refractivity contribution in [2.75, 3.05) is 13.7 Å². The van der Waals surface area contributed by atoms with Crippen LogP contribution in [0, 0.1) is 11.3 Å². The number of likely N-dealkylation sites (N-methyl/N-ethyl adjacent to an activating group) is 1. The molecular weight excluding hydrogens is 248 g/mol. The van der Waals surface area contributed by atoms with E-state index in [-0.39, 0.29) is 5.41 Å². The van der Waals surface area contributed by atoms with Crippen molar-refractivity contribution in [2.24, 2.45) is 0 Å². The van der Waals surface area contributed by atoms with E-state index < -0.39 is 5.54 Å². The highest BCUT2D eigenvalue weighted by Gasteiger charge is 2.25. The molecule has 0 saturated carbocycles. The fourth-order valence-corrected chi connectivity index (χ4v) is 1.89. The summed E-state index contributed by atoms with van der Waals surface area (Å²) in [6.07, 6.45) is 1.01. The summed E-state index contributed by atoms with van der Waals surface area (Å²) in [5, 5.41) is 12.2. The molecule has 0 aromatic heterocycles. The number of nitrogens with zero attached hydrogens (tertiary/aromatic N) is 1. The lowest BCUT2D eigenvalue weighted by atomic mass is 9.85. The fourth-order valence-electron chi connectivity index (χ4n) is 1.89. The van der Waals surface area contributed by atoms with Crippen molar-refractivity contribution in [3.05, 3.63) is 29.3 Å². The first-order valence-corrected chi connectivity index (χ1v) is 7.12. The van der Waals surface area contributed by atoms with Crippen LogP contribution in [0.2, 0.25) is 0 Å². The molecule has 0 saturated heterocycles. The molecule has 0 aliphatic rings. The van der Waals surface area contributed by atoms with Crippen molar-refractivity contribution in [1.82, 2.24) is 5.32 Å². The van der Waals surface area contributed by atoms with E-state index in [4.69, 9.17) is 4.74 Å². The van der Waals surface area contributed by atoms with Crippen LogP contribution >= 0.6 is 0 Å². The first-order chi connectivity index (χ1) is 9.25. The third-order valence-corrected chi connectivity index (χ3v) is 3.58. The Morgan fingerprint density at radius 1 is 1.25 bits per heavy atom. The van der Waals surface area contributed by atoms with E-state index in [0.29, 0.717) is 6.61 Å². The van der Waals surface area contributed by atoms with Gasteiger partial charge in [-0.15, -0.1) is 0 Å². The molecule has 0 aliphatic heterocycles. The molecule has 0 aliphatic carbocycles. The van der Waals surface area contributed by atoms with Gasteiger partial charge in [-0.1, -0.05) is 39.8 Å². The molecule has 1 aromatic rings. The van der Waals surface area contributed by atoms with Crippen LogP contribution in [0.1, 0.15) is 45.7 Å². The maximum absolute atomic E-state index is 9.18. The first-order valence-electron chi connectivity index (χ1n) is 7.12. The standard InChI is InChI=1S/C17H26N2O/c1-7-13-8-9-15(14(10-13)16(2,3)4)20-12-17(5,11-18)19-6/h8-10,19H,7,12H2,1-6H3. The number of ether oxygens (including phenoxy) is 1. The van der Waals surface area contributed by atoms with Gasteiger partial charge in [0.05, 0.1) is 6.07 Å². The van der Waals surface area contributed by atoms with Gasteiger partial charge in [0.1, 0.15) is 17.9 Å². The third-order valence-electron chi connectivity index (χ3n) is 3.58. The van der Waals surface area contributed by atoms with Crippen LogP contribution in [0.5, 0.6) is 5.75 Å². The molecule has 1 atom stereocenters. The Morgan fingerprint density at radius 2 is 1.90 bits per heavy atom. The molecule has 1 rings (SSSR count). The average molecular weight is 274 g/mol. The Morgan fingerprint density at radius 3 is 2.35 bits per heavy atom. The van der Waals surface area contributed by atoms with Gasteiger partial charge < -0.3 is 4.74 Å². The van der Waals surface area contributed by atoms with E-state index in [1.165, 1.54) is 11.1 Å². The van der Waals surface area contributed by atoms with Crippen molar-refractivity contribution in [1.29, 1.82) is 5.26 Å². The van der Waals surface area contributed by atoms with Crippen molar-refractivity contribution < 1.29 is 4.74 Å². The minimum absolute atomic E-state index is 0.0171. The lowest BCUT2D eigenvalue weighted by Gasteiger charge is -2.26. The molecule has 0 fully saturated rings. The summed E-state index contributed by atoms with van der Waals surface area (Å²) < 4.78 is 5.93. The number of nitrogens with one attached hydrogen (secondary N) is 1. The van der Waals surface area contributed by atoms with Crippen LogP contribution in [0.3, 0.4) is 0 Å². The summed E-state index contributed by atoms with van der Waals surface area (Å²) >= 11 is 0. The summed E-state index contributed by atoms with van der Waals surface area (Å²) in [5.74, 6) is 0.867. The molecule has 0 bridgehead atoms. The van der Waals surface area contributed by atoms with Crippen LogP contribution < -0.4 is 10.1 Å². The summed E-state index contributed by atoms with van der Waals surface area (Å²) in [5.41, 5.74) is 1.84. The topological polar surface area (TPSA) is 45.0 Å². The molecule has 3 heteroatoms. The zero-order valence-corrected chi connectivity index (χ0v) is 13.5. The molecule has 0 heterocycles. The van der Waals surface area contributed by atoms with Crippen LogP contribution in [0.4, 0.5) is 0 Å². The number of hydrogen-bond donors (Lipinski definition) is 1. The highest BCUT2D eigenvalue weighted by Crippen LogP contribution is 2.32. The number of benzene rings is 1. The van der Waals surface area contributed by atoms with E-state index in [1.807, 2.05) is 13.0 Å². The van der Waals surface area contributed by atoms with Gasteiger partial charge in [0.15, 0.2) is 0 Å². The van der Waals surface area contributed by atoms with Gasteiger partial charge in [-0.25, -0.2) is 0 Å². The Bertz CT molecular complexity index is 497. The van der Waals surface area contributed by atoms with E-state index in [1.54, 1.807) is 7.05 Å². The molecule has 1 unspecified atom stereocenters. The van der Waals surface area contributed by atoms with Crippen molar-refractivity contribution in [3.8, 4) is 11.8 Å². The SMILES string of the molecule is CCc1ccc(OCC(C)(C#N)NC)c(C(C)(C)C)c1. The Kier molecular flexibility index (Phi) is 5.19. The molecule has 1 aromatic carbocycles. The van der Waals surface area contributed by atoms with Crippen molar-refractivity contribution >= 4 is 0 Å². The second-order valence-corrected chi connectivity index (χ2v) is 6.42. The zero-order chi connectivity index (χ0) is 15.4. The first kappa shape index (κ1) is 16.5. The van der Waals surface area contributed by atoms with Crippen LogP contribution in [0.15, 0.2) is 18.2 Å². The predicted molar refractivity (Wildman–Crippen MR) is 83.1 cm³/mol. The molecule has 1 N–H and O–H groups in total. The number of rotatable bonds is 5. The van der Waals surface area contributed by atoms with Crippen LogP contribution in [0.25, 0.3) is 0 Å². The molecule has 110 valence electrons. The van der Waals surface area contributed by atoms with Crippen LogP contribution in [-0.4, -0.2) is 19.2 Å². The summed E-state index contributed by atoms with van der Waals surface area (Å²) in [7, 11) is 1.78. The molecular formula is C17H26N2O. The monoisotopic (exact) mass is 274 g/mol. The minimum atomic E-state index is -0.668. The highest BCUT2D eigenvalue weighted by atomic mass is 16.5. The summed E-state index contributed by atoms with van der Waals surface area (Å²) in [6, 6.07) is 8.56. The largest absolute Gasteiger partial charge is 0.490 e. The maximum atomic E-state index is 9.18. The van der Waals surface area contributed by atoms with Gasteiger partial charge in [0, 0.05) is 0 Å². The molecule has 0 radical (unpaired) electrons. The Labute approximate surface area is 123 Å². The van der Waals surface area contributed by atoms with E-state index in [9.17, 15) is 5.26 Å². The molecule has 0 spiro atoms. The van der Waals surface area contributed by atoms with Gasteiger partial charge in [0.2, 0.25) is 0 Å². The summed E-state index contributed by atoms with van der Waals surface area (Å²) in [4.78, 5) is 0. The number of hydrogen-bond acceptors (Lipinski definition) is 3. The lowest BCUT2D eigenvalue weighted by Crippen LogP contribution is -2.44. The Hall–Kier alpha value is -1.53. The second kappa shape index (κ2) is 6.28. The molecule has 3 nitrogen and oxygen atoms in total. The third kappa shape index (κ3) is 3.98. The molecule has 20 heavy (non-hydrogen) atoms.